The Morgan fingerprint density at radius 1 is 0.0890 bits per heavy atom. The third kappa shape index (κ3) is 15.9. The Kier molecular flexibility index (Phi) is 21.4. The van der Waals surface area contributed by atoms with E-state index < -0.39 is 0 Å². The molecule has 0 amide bonds. The average molecular weight is 1860 g/mol. The summed E-state index contributed by atoms with van der Waals surface area (Å²) in [5.41, 5.74) is 15.7. The van der Waals surface area contributed by atoms with Crippen molar-refractivity contribution in [3.05, 3.63) is 516 Å². The van der Waals surface area contributed by atoms with E-state index in [0.29, 0.717) is 52.4 Å². The molecule has 0 unspecified atom stereocenters. The van der Waals surface area contributed by atoms with Crippen molar-refractivity contribution in [1.82, 2.24) is 44.9 Å². The highest BCUT2D eigenvalue weighted by Crippen LogP contribution is 2.46. The van der Waals surface area contributed by atoms with Crippen LogP contribution >= 0.6 is 0 Å². The first-order chi connectivity index (χ1) is 72.3. The van der Waals surface area contributed by atoms with E-state index in [0.717, 1.165) is 93.5 Å². The maximum Gasteiger partial charge on any atom is 0.164 e. The fourth-order valence-electron chi connectivity index (χ4n) is 21.4. The van der Waals surface area contributed by atoms with Crippen LogP contribution in [0.4, 0.5) is 0 Å². The fraction of sp³-hybridized carbons (Fsp3) is 0. The number of nitrogens with zero attached hydrogens (tertiary/aromatic N) is 9. The molecule has 678 valence electrons. The second-order valence-electron chi connectivity index (χ2n) is 37.3. The molecule has 146 heavy (non-hydrogen) atoms. The molecule has 3 aromatic heterocycles. The Labute approximate surface area is 841 Å². The van der Waals surface area contributed by atoms with Gasteiger partial charge in [0.05, 0.1) is 0 Å². The molecule has 3 heterocycles. The summed E-state index contributed by atoms with van der Waals surface area (Å²) in [5.74, 6) is 5.88. The molecule has 0 aliphatic rings. The van der Waals surface area contributed by atoms with Gasteiger partial charge in [0.25, 0.3) is 0 Å². The van der Waals surface area contributed by atoms with Crippen molar-refractivity contribution in [2.45, 2.75) is 0 Å². The van der Waals surface area contributed by atoms with Gasteiger partial charge in [0.15, 0.2) is 52.4 Å². The van der Waals surface area contributed by atoms with Crippen LogP contribution in [0.1, 0.15) is 0 Å². The Bertz CT molecular complexity index is 10200. The molecular formula is C137H85N9. The SMILES string of the molecule is c1ccc(-c2nc(-c3ccc(-c4cccc5ccc6c7ccccc7ccc6c45)cc3)nc(-c3ccc4ccccc4c3)n2)cc1.c1ccc(-c2nc(-c3ccc4ccccc4c3)nc(-c3ccc(-c4cccc5ccc6c7ccccc7ccc6c45)c4ccccc34)n2)cc1.c1ccc2cc(-c3nc(-c4ccc(-c5cccc6ccc7c8ccccc8ccc7c56)cc4)nc(-c4ccc5ccccc5c4)n3)ccc2c1. The van der Waals surface area contributed by atoms with Crippen LogP contribution in [0.15, 0.2) is 516 Å². The third-order valence-corrected chi connectivity index (χ3v) is 28.7. The summed E-state index contributed by atoms with van der Waals surface area (Å²) in [6, 6.07) is 182. The van der Waals surface area contributed by atoms with Gasteiger partial charge in [0, 0.05) is 50.1 Å². The zero-order valence-electron chi connectivity index (χ0n) is 79.1. The van der Waals surface area contributed by atoms with Gasteiger partial charge in [-0.15, -0.1) is 0 Å². The second kappa shape index (κ2) is 36.6. The molecule has 0 N–H and O–H groups in total. The van der Waals surface area contributed by atoms with Crippen LogP contribution in [0.5, 0.6) is 0 Å². The van der Waals surface area contributed by atoms with Crippen molar-refractivity contribution >= 4 is 151 Å². The largest absolute Gasteiger partial charge is 0.208 e. The van der Waals surface area contributed by atoms with Gasteiger partial charge in [-0.05, 0) is 215 Å². The van der Waals surface area contributed by atoms with Gasteiger partial charge in [-0.1, -0.05) is 485 Å². The maximum atomic E-state index is 5.16. The molecule has 0 aliphatic heterocycles. The Morgan fingerprint density at radius 2 is 0.301 bits per heavy atom. The molecular weight excluding hydrogens is 1770 g/mol. The summed E-state index contributed by atoms with van der Waals surface area (Å²) in [5, 5.41) is 34.3. The fourth-order valence-corrected chi connectivity index (χ4v) is 21.4. The summed E-state index contributed by atoms with van der Waals surface area (Å²) < 4.78 is 0. The average Bonchev–Trinajstić information content (AvgIpc) is 0.737. The van der Waals surface area contributed by atoms with Crippen LogP contribution in [0.25, 0.3) is 287 Å². The van der Waals surface area contributed by atoms with E-state index in [1.54, 1.807) is 0 Å². The smallest absolute Gasteiger partial charge is 0.164 e. The van der Waals surface area contributed by atoms with Gasteiger partial charge in [-0.25, -0.2) is 44.9 Å². The molecule has 0 aliphatic carbocycles. The van der Waals surface area contributed by atoms with Gasteiger partial charge < -0.3 is 0 Å². The number of hydrogen-bond acceptors (Lipinski definition) is 9. The Morgan fingerprint density at radius 3 is 0.637 bits per heavy atom. The van der Waals surface area contributed by atoms with Crippen molar-refractivity contribution in [3.63, 3.8) is 0 Å². The molecule has 9 heteroatoms. The molecule has 29 rings (SSSR count). The van der Waals surface area contributed by atoms with Crippen molar-refractivity contribution in [2.75, 3.05) is 0 Å². The van der Waals surface area contributed by atoms with Crippen LogP contribution < -0.4 is 0 Å². The van der Waals surface area contributed by atoms with Crippen molar-refractivity contribution < 1.29 is 0 Å². The number of aromatic nitrogens is 9. The minimum atomic E-state index is 0.646. The normalized spacial score (nSPS) is 11.6. The molecule has 29 aromatic rings. The van der Waals surface area contributed by atoms with Gasteiger partial charge in [0.1, 0.15) is 0 Å². The van der Waals surface area contributed by atoms with E-state index >= 15 is 0 Å². The van der Waals surface area contributed by atoms with Crippen molar-refractivity contribution in [3.8, 4) is 136 Å². The standard InChI is InChI=1S/2C47H29N3.C43H27N3/c1-3-11-36-28-38(22-16-30(36)8-1)46-48-45(49-47(50-46)39-23-17-31-9-2-4-12-37(31)29-39)35-20-18-33(19-21-35)41-15-7-13-34-25-26-42-40-14-6-5-10-32(40)24-27-43(42)44(34)41;1-2-13-33(14-3-1)45-48-46(35-22-21-30-11-4-5-15-34(30)29-35)50-47(49-45)43-28-27-40(37-18-8-9-19-38(37)43)41-20-10-16-32-24-25-39-36-17-7-6-12-31(36)23-26-42(39)44(32)41;1-2-11-32(12-3-1)41-44-42(46-43(45-41)35-22-17-28-9-4-5-13-34(28)27-35)33-20-18-30(19-21-33)37-16-8-14-31-24-25-38-36-15-7-6-10-29(36)23-26-39(38)40(31)37/h2*1-29H;1-27H. The number of hydrogen-bond donors (Lipinski definition) is 0. The summed E-state index contributed by atoms with van der Waals surface area (Å²) in [6.45, 7) is 0. The highest BCUT2D eigenvalue weighted by Gasteiger charge is 2.23. The zero-order valence-corrected chi connectivity index (χ0v) is 79.1. The third-order valence-electron chi connectivity index (χ3n) is 28.7. The van der Waals surface area contributed by atoms with Gasteiger partial charge in [-0.2, -0.15) is 0 Å². The van der Waals surface area contributed by atoms with Crippen molar-refractivity contribution in [1.29, 1.82) is 0 Å². The van der Waals surface area contributed by atoms with Crippen LogP contribution in [-0.4, -0.2) is 44.9 Å². The van der Waals surface area contributed by atoms with E-state index in [-0.39, 0.29) is 0 Å². The molecule has 0 fully saturated rings. The van der Waals surface area contributed by atoms with Gasteiger partial charge in [0.2, 0.25) is 0 Å². The number of fused-ring (bicyclic) bond motifs is 20. The Balaban J connectivity index is 0.000000109. The summed E-state index contributed by atoms with van der Waals surface area (Å²) in [6.07, 6.45) is 0. The number of rotatable bonds is 12. The lowest BCUT2D eigenvalue weighted by Crippen LogP contribution is -2.01. The lowest BCUT2D eigenvalue weighted by Gasteiger charge is -2.16. The van der Waals surface area contributed by atoms with Gasteiger partial charge >= 0.3 is 0 Å². The van der Waals surface area contributed by atoms with Crippen LogP contribution in [0.3, 0.4) is 0 Å². The zero-order chi connectivity index (χ0) is 96.5. The predicted octanol–water partition coefficient (Wildman–Crippen LogP) is 35.8. The topological polar surface area (TPSA) is 116 Å². The van der Waals surface area contributed by atoms with E-state index in [2.05, 4.69) is 467 Å². The minimum Gasteiger partial charge on any atom is -0.208 e. The van der Waals surface area contributed by atoms with E-state index in [1.165, 1.54) is 141 Å². The molecule has 26 aromatic carbocycles. The Hall–Kier alpha value is -19.6. The molecule has 0 bridgehead atoms. The summed E-state index contributed by atoms with van der Waals surface area (Å²) >= 11 is 0. The minimum absolute atomic E-state index is 0.646. The van der Waals surface area contributed by atoms with E-state index in [9.17, 15) is 0 Å². The monoisotopic (exact) mass is 1860 g/mol. The quantitative estimate of drug-likeness (QED) is 0.110. The lowest BCUT2D eigenvalue weighted by atomic mass is 9.89. The first kappa shape index (κ1) is 85.6. The molecule has 0 atom stereocenters. The van der Waals surface area contributed by atoms with Crippen LogP contribution in [0, 0.1) is 0 Å². The van der Waals surface area contributed by atoms with Crippen LogP contribution in [0.2, 0.25) is 0 Å². The first-order valence-electron chi connectivity index (χ1n) is 49.4. The molecule has 0 radical (unpaired) electrons. The lowest BCUT2D eigenvalue weighted by molar-refractivity contribution is 1.07. The molecule has 0 saturated carbocycles. The summed E-state index contributed by atoms with van der Waals surface area (Å²) in [7, 11) is 0. The highest BCUT2D eigenvalue weighted by molar-refractivity contribution is 6.25. The van der Waals surface area contributed by atoms with Gasteiger partial charge in [-0.3, -0.25) is 0 Å². The van der Waals surface area contributed by atoms with E-state index in [4.69, 9.17) is 44.9 Å². The maximum absolute atomic E-state index is 5.16. The highest BCUT2D eigenvalue weighted by atomic mass is 15.1. The first-order valence-corrected chi connectivity index (χ1v) is 49.4. The van der Waals surface area contributed by atoms with Crippen molar-refractivity contribution in [2.24, 2.45) is 0 Å². The number of benzene rings is 26. The van der Waals surface area contributed by atoms with Crippen LogP contribution in [-0.2, 0) is 0 Å². The molecule has 0 saturated heterocycles. The predicted molar refractivity (Wildman–Crippen MR) is 610 cm³/mol. The second-order valence-corrected chi connectivity index (χ2v) is 37.3. The van der Waals surface area contributed by atoms with E-state index in [1.807, 2.05) is 48.5 Å². The summed E-state index contributed by atoms with van der Waals surface area (Å²) in [4.78, 5) is 45.4. The molecule has 9 nitrogen and oxygen atoms in total. The molecule has 0 spiro atoms.